The summed E-state index contributed by atoms with van der Waals surface area (Å²) in [6.07, 6.45) is 6.63. The molecule has 1 saturated heterocycles. The number of benzene rings is 1. The maximum atomic E-state index is 5.66. The summed E-state index contributed by atoms with van der Waals surface area (Å²) in [5, 5.41) is 6.79. The van der Waals surface area contributed by atoms with E-state index in [2.05, 4.69) is 32.7 Å². The van der Waals surface area contributed by atoms with Crippen molar-refractivity contribution in [3.05, 3.63) is 29.8 Å². The van der Waals surface area contributed by atoms with Crippen LogP contribution in [0.4, 0.5) is 0 Å². The zero-order valence-corrected chi connectivity index (χ0v) is 19.7. The third-order valence-corrected chi connectivity index (χ3v) is 4.78. The Balaban J connectivity index is 0.00000392. The molecule has 0 aliphatic carbocycles. The molecule has 1 aliphatic heterocycles. The van der Waals surface area contributed by atoms with Gasteiger partial charge in [-0.3, -0.25) is 4.99 Å². The van der Waals surface area contributed by atoms with Crippen LogP contribution in [-0.2, 0) is 11.3 Å². The number of ether oxygens (including phenoxy) is 2. The lowest BCUT2D eigenvalue weighted by atomic mass is 10.2. The number of guanidine groups is 1. The second-order valence-electron chi connectivity index (χ2n) is 6.95. The van der Waals surface area contributed by atoms with Gasteiger partial charge in [-0.05, 0) is 56.6 Å². The Morgan fingerprint density at radius 2 is 1.89 bits per heavy atom. The van der Waals surface area contributed by atoms with Gasteiger partial charge in [-0.25, -0.2) is 0 Å². The Morgan fingerprint density at radius 1 is 1.11 bits per heavy atom. The van der Waals surface area contributed by atoms with E-state index in [1.165, 1.54) is 45.3 Å². The minimum Gasteiger partial charge on any atom is -0.491 e. The largest absolute Gasteiger partial charge is 0.491 e. The van der Waals surface area contributed by atoms with Gasteiger partial charge in [-0.1, -0.05) is 25.0 Å². The van der Waals surface area contributed by atoms with Crippen molar-refractivity contribution in [1.29, 1.82) is 0 Å². The maximum Gasteiger partial charge on any atom is 0.191 e. The van der Waals surface area contributed by atoms with Gasteiger partial charge < -0.3 is 25.0 Å². The first-order valence-corrected chi connectivity index (χ1v) is 10.2. The summed E-state index contributed by atoms with van der Waals surface area (Å²) < 4.78 is 10.7. The molecule has 1 aromatic carbocycles. The van der Waals surface area contributed by atoms with Crippen molar-refractivity contribution in [3.8, 4) is 5.75 Å². The minimum atomic E-state index is 0. The molecule has 1 heterocycles. The maximum absolute atomic E-state index is 5.66. The molecule has 0 saturated carbocycles. The fourth-order valence-corrected chi connectivity index (χ4v) is 3.26. The zero-order chi connectivity index (χ0) is 19.2. The number of aliphatic imine (C=N–C) groups is 1. The number of rotatable bonds is 10. The molecule has 1 aliphatic rings. The molecule has 6 nitrogen and oxygen atoms in total. The standard InChI is InChI=1S/C21H36N4O2.HI/c1-22-21(23-11-8-14-25-12-5-3-4-6-13-25)24-18-19-9-7-10-20(17-19)27-16-15-26-2;/h7,9-10,17H,3-6,8,11-16,18H2,1-2H3,(H2,22,23,24);1H. The molecule has 1 aromatic rings. The van der Waals surface area contributed by atoms with E-state index in [0.717, 1.165) is 30.2 Å². The lowest BCUT2D eigenvalue weighted by Gasteiger charge is -2.20. The monoisotopic (exact) mass is 504 g/mol. The molecule has 0 atom stereocenters. The van der Waals surface area contributed by atoms with Crippen molar-refractivity contribution in [2.45, 2.75) is 38.6 Å². The van der Waals surface area contributed by atoms with Gasteiger partial charge in [0.2, 0.25) is 0 Å². The average molecular weight is 504 g/mol. The number of halogens is 1. The molecule has 0 aromatic heterocycles. The molecule has 7 heteroatoms. The molecule has 1 fully saturated rings. The van der Waals surface area contributed by atoms with E-state index in [0.29, 0.717) is 19.8 Å². The SMILES string of the molecule is CN=C(NCCCN1CCCCCC1)NCc1cccc(OCCOC)c1.I. The normalized spacial score (nSPS) is 15.4. The molecule has 28 heavy (non-hydrogen) atoms. The summed E-state index contributed by atoms with van der Waals surface area (Å²) in [5.74, 6) is 1.71. The van der Waals surface area contributed by atoms with Crippen LogP contribution >= 0.6 is 24.0 Å². The van der Waals surface area contributed by atoms with E-state index in [4.69, 9.17) is 9.47 Å². The second kappa shape index (κ2) is 15.8. The molecule has 2 N–H and O–H groups in total. The van der Waals surface area contributed by atoms with Crippen LogP contribution < -0.4 is 15.4 Å². The van der Waals surface area contributed by atoms with E-state index in [9.17, 15) is 0 Å². The van der Waals surface area contributed by atoms with Crippen LogP contribution in [-0.4, -0.2) is 64.4 Å². The molecule has 0 unspecified atom stereocenters. The number of likely N-dealkylation sites (tertiary alicyclic amines) is 1. The fourth-order valence-electron chi connectivity index (χ4n) is 3.26. The molecule has 2 rings (SSSR count). The van der Waals surface area contributed by atoms with Gasteiger partial charge in [0.25, 0.3) is 0 Å². The lowest BCUT2D eigenvalue weighted by Crippen LogP contribution is -2.38. The van der Waals surface area contributed by atoms with E-state index in [1.807, 2.05) is 19.2 Å². The predicted octanol–water partition coefficient (Wildman–Crippen LogP) is 3.26. The van der Waals surface area contributed by atoms with Crippen LogP contribution in [0.5, 0.6) is 5.75 Å². The Hall–Kier alpha value is -1.06. The summed E-state index contributed by atoms with van der Waals surface area (Å²) in [7, 11) is 3.49. The molecule has 0 bridgehead atoms. The first-order valence-electron chi connectivity index (χ1n) is 10.2. The van der Waals surface area contributed by atoms with E-state index < -0.39 is 0 Å². The summed E-state index contributed by atoms with van der Waals surface area (Å²) in [6.45, 7) is 6.50. The number of hydrogen-bond acceptors (Lipinski definition) is 4. The molecule has 0 spiro atoms. The summed E-state index contributed by atoms with van der Waals surface area (Å²) in [5.41, 5.74) is 1.16. The van der Waals surface area contributed by atoms with Crippen LogP contribution in [0, 0.1) is 0 Å². The average Bonchev–Trinajstić information content (AvgIpc) is 2.97. The van der Waals surface area contributed by atoms with Crippen molar-refractivity contribution in [3.63, 3.8) is 0 Å². The zero-order valence-electron chi connectivity index (χ0n) is 17.4. The Kier molecular flexibility index (Phi) is 14.1. The van der Waals surface area contributed by atoms with Crippen molar-refractivity contribution >= 4 is 29.9 Å². The summed E-state index contributed by atoms with van der Waals surface area (Å²) >= 11 is 0. The number of nitrogens with zero attached hydrogens (tertiary/aromatic N) is 2. The third-order valence-electron chi connectivity index (χ3n) is 4.78. The fraction of sp³-hybridized carbons (Fsp3) is 0.667. The minimum absolute atomic E-state index is 0. The molecule has 160 valence electrons. The topological polar surface area (TPSA) is 58.1 Å². The highest BCUT2D eigenvalue weighted by molar-refractivity contribution is 14.0. The summed E-state index contributed by atoms with van der Waals surface area (Å²) in [6, 6.07) is 8.11. The van der Waals surface area contributed by atoms with Crippen molar-refractivity contribution in [1.82, 2.24) is 15.5 Å². The van der Waals surface area contributed by atoms with Gasteiger partial charge in [0.1, 0.15) is 12.4 Å². The van der Waals surface area contributed by atoms with Crippen molar-refractivity contribution in [2.24, 2.45) is 4.99 Å². The van der Waals surface area contributed by atoms with Crippen molar-refractivity contribution in [2.75, 3.05) is 53.6 Å². The highest BCUT2D eigenvalue weighted by Gasteiger charge is 2.08. The smallest absolute Gasteiger partial charge is 0.191 e. The van der Waals surface area contributed by atoms with Gasteiger partial charge >= 0.3 is 0 Å². The Bertz CT molecular complexity index is 549. The molecule has 0 amide bonds. The van der Waals surface area contributed by atoms with Crippen LogP contribution in [0.1, 0.15) is 37.7 Å². The number of hydrogen-bond donors (Lipinski definition) is 2. The number of nitrogens with one attached hydrogen (secondary N) is 2. The third kappa shape index (κ3) is 10.5. The van der Waals surface area contributed by atoms with Gasteiger partial charge in [-0.15, -0.1) is 24.0 Å². The highest BCUT2D eigenvalue weighted by Crippen LogP contribution is 2.13. The van der Waals surface area contributed by atoms with Gasteiger partial charge in [0.05, 0.1) is 6.61 Å². The molecule has 0 radical (unpaired) electrons. The first-order chi connectivity index (χ1) is 13.3. The lowest BCUT2D eigenvalue weighted by molar-refractivity contribution is 0.146. The Labute approximate surface area is 187 Å². The molecular formula is C21H37IN4O2. The van der Waals surface area contributed by atoms with Crippen LogP contribution in [0.2, 0.25) is 0 Å². The number of methoxy groups -OCH3 is 1. The van der Waals surface area contributed by atoms with Gasteiger partial charge in [0, 0.05) is 27.2 Å². The van der Waals surface area contributed by atoms with Crippen LogP contribution in [0.3, 0.4) is 0 Å². The first kappa shape index (κ1) is 25.0. The van der Waals surface area contributed by atoms with Gasteiger partial charge in [-0.2, -0.15) is 0 Å². The van der Waals surface area contributed by atoms with E-state index in [1.54, 1.807) is 7.11 Å². The Morgan fingerprint density at radius 3 is 2.61 bits per heavy atom. The van der Waals surface area contributed by atoms with Gasteiger partial charge in [0.15, 0.2) is 5.96 Å². The second-order valence-corrected chi connectivity index (χ2v) is 6.95. The summed E-state index contributed by atoms with van der Waals surface area (Å²) in [4.78, 5) is 6.92. The predicted molar refractivity (Wildman–Crippen MR) is 127 cm³/mol. The van der Waals surface area contributed by atoms with E-state index in [-0.39, 0.29) is 24.0 Å². The highest BCUT2D eigenvalue weighted by atomic mass is 127. The molecular weight excluding hydrogens is 467 g/mol. The quantitative estimate of drug-likeness (QED) is 0.222. The van der Waals surface area contributed by atoms with Crippen LogP contribution in [0.25, 0.3) is 0 Å². The van der Waals surface area contributed by atoms with E-state index >= 15 is 0 Å². The van der Waals surface area contributed by atoms with Crippen LogP contribution in [0.15, 0.2) is 29.3 Å². The van der Waals surface area contributed by atoms with Crippen molar-refractivity contribution < 1.29 is 9.47 Å².